The molecule has 0 saturated heterocycles. The van der Waals surface area contributed by atoms with Crippen LogP contribution in [0.15, 0.2) is 29.6 Å². The second-order valence-corrected chi connectivity index (χ2v) is 11.8. The fourth-order valence-electron chi connectivity index (χ4n) is 3.92. The number of allylic oxidation sites excluding steroid dienone is 2. The van der Waals surface area contributed by atoms with Gasteiger partial charge in [0.25, 0.3) is 0 Å². The molecule has 1 atom stereocenters. The normalized spacial score (nSPS) is 19.8. The van der Waals surface area contributed by atoms with E-state index in [0.717, 1.165) is 0 Å². The molecule has 0 saturated carbocycles. The van der Waals surface area contributed by atoms with E-state index in [9.17, 15) is 0 Å². The van der Waals surface area contributed by atoms with Crippen LogP contribution in [-0.2, 0) is 0 Å². The van der Waals surface area contributed by atoms with Gasteiger partial charge in [-0.25, -0.2) is 0 Å². The highest BCUT2D eigenvalue weighted by Crippen LogP contribution is 2.70. The number of rotatable bonds is 1. The summed E-state index contributed by atoms with van der Waals surface area (Å²) in [5.41, 5.74) is 4.56. The first-order chi connectivity index (χ1) is 9.05. The summed E-state index contributed by atoms with van der Waals surface area (Å²) in [5, 5.41) is 2.42. The molecule has 1 heteroatoms. The Morgan fingerprint density at radius 1 is 0.900 bits per heavy atom. The van der Waals surface area contributed by atoms with Gasteiger partial charge in [-0.3, -0.25) is 0 Å². The van der Waals surface area contributed by atoms with E-state index in [-0.39, 0.29) is 7.92 Å². The molecular weight excluding hydrogens is 259 g/mol. The minimum absolute atomic E-state index is 0.189. The third kappa shape index (κ3) is 2.60. The Bertz CT molecular complexity index is 524. The summed E-state index contributed by atoms with van der Waals surface area (Å²) >= 11 is 0. The van der Waals surface area contributed by atoms with Crippen LogP contribution in [0, 0.1) is 0 Å². The lowest BCUT2D eigenvalue weighted by atomic mass is 10.0. The minimum atomic E-state index is -0.189. The molecule has 0 spiro atoms. The maximum Gasteiger partial charge on any atom is 0.00746 e. The summed E-state index contributed by atoms with van der Waals surface area (Å²) < 4.78 is 0. The van der Waals surface area contributed by atoms with Gasteiger partial charge in [-0.2, -0.15) is 0 Å². The van der Waals surface area contributed by atoms with Crippen molar-refractivity contribution in [2.24, 2.45) is 0 Å². The Balaban J connectivity index is 2.60. The predicted molar refractivity (Wildman–Crippen MR) is 93.9 cm³/mol. The number of hydrogen-bond acceptors (Lipinski definition) is 0. The zero-order valence-corrected chi connectivity index (χ0v) is 15.2. The SMILES string of the molecule is CC1=C(P(C(C)(C)C)C(C)(C)C)C(C)c2ccccc21. The molecule has 1 aromatic carbocycles. The van der Waals surface area contributed by atoms with Crippen LogP contribution in [0.25, 0.3) is 5.57 Å². The molecule has 1 aliphatic rings. The van der Waals surface area contributed by atoms with Crippen molar-refractivity contribution in [3.05, 3.63) is 40.7 Å². The first kappa shape index (κ1) is 15.8. The van der Waals surface area contributed by atoms with Crippen LogP contribution >= 0.6 is 7.92 Å². The van der Waals surface area contributed by atoms with Crippen LogP contribution < -0.4 is 0 Å². The van der Waals surface area contributed by atoms with Gasteiger partial charge in [0, 0.05) is 5.92 Å². The Kier molecular flexibility index (Phi) is 3.93. The highest BCUT2D eigenvalue weighted by molar-refractivity contribution is 7.65. The summed E-state index contributed by atoms with van der Waals surface area (Å²) in [4.78, 5) is 0. The van der Waals surface area contributed by atoms with Gasteiger partial charge >= 0.3 is 0 Å². The Labute approximate surface area is 126 Å². The molecule has 110 valence electrons. The van der Waals surface area contributed by atoms with Crippen LogP contribution in [0.2, 0.25) is 0 Å². The van der Waals surface area contributed by atoms with Gasteiger partial charge in [0.1, 0.15) is 0 Å². The number of benzene rings is 1. The molecule has 0 heterocycles. The van der Waals surface area contributed by atoms with E-state index in [4.69, 9.17) is 0 Å². The molecule has 0 bridgehead atoms. The smallest absolute Gasteiger partial charge is 0.00746 e. The predicted octanol–water partition coefficient (Wildman–Crippen LogP) is 6.61. The molecule has 0 aromatic heterocycles. The Morgan fingerprint density at radius 3 is 1.85 bits per heavy atom. The fourth-order valence-corrected chi connectivity index (χ4v) is 8.36. The summed E-state index contributed by atoms with van der Waals surface area (Å²) in [6.45, 7) is 19.2. The van der Waals surface area contributed by atoms with E-state index >= 15 is 0 Å². The monoisotopic (exact) mass is 288 g/mol. The van der Waals surface area contributed by atoms with E-state index in [1.165, 1.54) is 11.1 Å². The van der Waals surface area contributed by atoms with Crippen molar-refractivity contribution in [2.45, 2.75) is 71.6 Å². The molecule has 1 aliphatic carbocycles. The Morgan fingerprint density at radius 2 is 1.40 bits per heavy atom. The van der Waals surface area contributed by atoms with Gasteiger partial charge in [-0.05, 0) is 39.3 Å². The second kappa shape index (κ2) is 4.99. The Hall–Kier alpha value is -0.610. The van der Waals surface area contributed by atoms with Crippen molar-refractivity contribution in [3.63, 3.8) is 0 Å². The largest absolute Gasteiger partial charge is 0.0678 e. The average molecular weight is 288 g/mol. The van der Waals surface area contributed by atoms with Crippen molar-refractivity contribution < 1.29 is 0 Å². The van der Waals surface area contributed by atoms with Crippen molar-refractivity contribution in [3.8, 4) is 0 Å². The van der Waals surface area contributed by atoms with E-state index < -0.39 is 0 Å². The lowest BCUT2D eigenvalue weighted by Crippen LogP contribution is -2.26. The number of hydrogen-bond donors (Lipinski definition) is 0. The fraction of sp³-hybridized carbons (Fsp3) is 0.579. The third-order valence-electron chi connectivity index (χ3n) is 4.21. The maximum atomic E-state index is 2.42. The van der Waals surface area contributed by atoms with Gasteiger partial charge in [0.15, 0.2) is 0 Å². The van der Waals surface area contributed by atoms with Gasteiger partial charge in [0.05, 0.1) is 0 Å². The van der Waals surface area contributed by atoms with E-state index in [1.54, 1.807) is 10.9 Å². The van der Waals surface area contributed by atoms with Gasteiger partial charge in [0.2, 0.25) is 0 Å². The zero-order chi connectivity index (χ0) is 15.3. The quantitative estimate of drug-likeness (QED) is 0.510. The number of fused-ring (bicyclic) bond motifs is 1. The maximum absolute atomic E-state index is 2.42. The minimum Gasteiger partial charge on any atom is -0.0678 e. The van der Waals surface area contributed by atoms with E-state index in [0.29, 0.717) is 16.2 Å². The molecule has 20 heavy (non-hydrogen) atoms. The molecule has 0 amide bonds. The van der Waals surface area contributed by atoms with E-state index in [1.807, 2.05) is 0 Å². The molecule has 0 nitrogen and oxygen atoms in total. The molecule has 1 aromatic rings. The van der Waals surface area contributed by atoms with Gasteiger partial charge in [-0.1, -0.05) is 80.7 Å². The van der Waals surface area contributed by atoms with Crippen molar-refractivity contribution in [1.29, 1.82) is 0 Å². The van der Waals surface area contributed by atoms with Gasteiger partial charge in [-0.15, -0.1) is 0 Å². The van der Waals surface area contributed by atoms with Crippen LogP contribution in [0.1, 0.15) is 72.4 Å². The standard InChI is InChI=1S/C19H29P/c1-13-15-11-9-10-12-16(15)14(2)17(13)20(18(3,4)5)19(6,7)8/h9-13H,1-8H3. The van der Waals surface area contributed by atoms with Crippen LogP contribution in [0.3, 0.4) is 0 Å². The summed E-state index contributed by atoms with van der Waals surface area (Å²) in [6.07, 6.45) is 0. The summed E-state index contributed by atoms with van der Waals surface area (Å²) in [5.74, 6) is 0.579. The van der Waals surface area contributed by atoms with Crippen molar-refractivity contribution in [1.82, 2.24) is 0 Å². The van der Waals surface area contributed by atoms with Crippen LogP contribution in [0.4, 0.5) is 0 Å². The molecule has 0 radical (unpaired) electrons. The molecule has 1 unspecified atom stereocenters. The average Bonchev–Trinajstić information content (AvgIpc) is 2.52. The molecule has 0 aliphatic heterocycles. The molecular formula is C19H29P. The first-order valence-corrected chi connectivity index (χ1v) is 8.99. The molecule has 0 N–H and O–H groups in total. The second-order valence-electron chi connectivity index (χ2n) is 8.00. The van der Waals surface area contributed by atoms with Crippen molar-refractivity contribution >= 4 is 13.5 Å². The van der Waals surface area contributed by atoms with E-state index in [2.05, 4.69) is 79.7 Å². The summed E-state index contributed by atoms with van der Waals surface area (Å²) in [7, 11) is -0.189. The topological polar surface area (TPSA) is 0 Å². The van der Waals surface area contributed by atoms with Crippen LogP contribution in [-0.4, -0.2) is 10.3 Å². The lowest BCUT2D eigenvalue weighted by Gasteiger charge is -2.44. The highest BCUT2D eigenvalue weighted by Gasteiger charge is 2.42. The summed E-state index contributed by atoms with van der Waals surface area (Å²) in [6, 6.07) is 8.97. The van der Waals surface area contributed by atoms with Crippen LogP contribution in [0.5, 0.6) is 0 Å². The van der Waals surface area contributed by atoms with Gasteiger partial charge < -0.3 is 0 Å². The third-order valence-corrected chi connectivity index (χ3v) is 8.10. The lowest BCUT2D eigenvalue weighted by molar-refractivity contribution is 0.706. The first-order valence-electron chi connectivity index (χ1n) is 7.65. The zero-order valence-electron chi connectivity index (χ0n) is 14.3. The molecule has 0 fully saturated rings. The molecule has 2 rings (SSSR count). The van der Waals surface area contributed by atoms with Crippen molar-refractivity contribution in [2.75, 3.05) is 0 Å². The highest BCUT2D eigenvalue weighted by atomic mass is 31.1.